The summed E-state index contributed by atoms with van der Waals surface area (Å²) in [5.74, 6) is 0.510. The van der Waals surface area contributed by atoms with Crippen molar-refractivity contribution < 1.29 is 17.9 Å². The minimum absolute atomic E-state index is 0.0402. The van der Waals surface area contributed by atoms with Crippen molar-refractivity contribution in [1.82, 2.24) is 15.3 Å². The van der Waals surface area contributed by atoms with Crippen LogP contribution in [0.4, 0.5) is 13.2 Å². The summed E-state index contributed by atoms with van der Waals surface area (Å²) in [4.78, 5) is 8.72. The van der Waals surface area contributed by atoms with E-state index in [9.17, 15) is 13.2 Å². The molecule has 0 bridgehead atoms. The van der Waals surface area contributed by atoms with E-state index >= 15 is 0 Å². The Bertz CT molecular complexity index is 1020. The topological polar surface area (TPSA) is 47.0 Å². The second-order valence-electron chi connectivity index (χ2n) is 11.4. The van der Waals surface area contributed by atoms with Crippen LogP contribution in [0.5, 0.6) is 0 Å². The van der Waals surface area contributed by atoms with E-state index in [2.05, 4.69) is 42.5 Å². The van der Waals surface area contributed by atoms with E-state index in [0.29, 0.717) is 12.5 Å². The Balaban J connectivity index is 1.46. The molecule has 37 heavy (non-hydrogen) atoms. The summed E-state index contributed by atoms with van der Waals surface area (Å²) in [7, 11) is 0. The molecule has 0 aromatic carbocycles. The van der Waals surface area contributed by atoms with E-state index in [4.69, 9.17) is 9.72 Å². The minimum Gasteiger partial charge on any atom is -0.375 e. The smallest absolute Gasteiger partial charge is 0.375 e. The summed E-state index contributed by atoms with van der Waals surface area (Å²) < 4.78 is 45.5. The van der Waals surface area contributed by atoms with Crippen LogP contribution in [0.1, 0.15) is 112 Å². The molecule has 2 aromatic heterocycles. The van der Waals surface area contributed by atoms with Crippen LogP contribution in [-0.4, -0.2) is 28.7 Å². The van der Waals surface area contributed by atoms with Crippen LogP contribution < -0.4 is 5.32 Å². The van der Waals surface area contributed by atoms with E-state index in [1.807, 2.05) is 0 Å². The van der Waals surface area contributed by atoms with Crippen LogP contribution in [0.3, 0.4) is 0 Å². The van der Waals surface area contributed by atoms with Gasteiger partial charge in [-0.3, -0.25) is 9.97 Å². The van der Waals surface area contributed by atoms with E-state index < -0.39 is 11.9 Å². The Hall–Kier alpha value is -1.99. The van der Waals surface area contributed by atoms with Crippen molar-refractivity contribution in [1.29, 1.82) is 0 Å². The van der Waals surface area contributed by atoms with Crippen LogP contribution >= 0.6 is 0 Å². The van der Waals surface area contributed by atoms with Crippen molar-refractivity contribution in [2.24, 2.45) is 0 Å². The lowest BCUT2D eigenvalue weighted by molar-refractivity contribution is -0.141. The quantitative estimate of drug-likeness (QED) is 0.329. The average molecular weight is 518 g/mol. The molecule has 7 heteroatoms. The third kappa shape index (κ3) is 6.72. The first-order valence-corrected chi connectivity index (χ1v) is 14.0. The Morgan fingerprint density at radius 1 is 1.11 bits per heavy atom. The summed E-state index contributed by atoms with van der Waals surface area (Å²) in [5.41, 5.74) is 2.48. The van der Waals surface area contributed by atoms with Crippen molar-refractivity contribution in [3.05, 3.63) is 58.7 Å². The first kappa shape index (κ1) is 28.0. The summed E-state index contributed by atoms with van der Waals surface area (Å²) in [5, 5.41) is 3.47. The Morgan fingerprint density at radius 3 is 2.54 bits per heavy atom. The highest BCUT2D eigenvalue weighted by Gasteiger charge is 2.48. The van der Waals surface area contributed by atoms with Gasteiger partial charge in [-0.15, -0.1) is 0 Å². The van der Waals surface area contributed by atoms with Crippen LogP contribution in [0.2, 0.25) is 0 Å². The van der Waals surface area contributed by atoms with Gasteiger partial charge in [-0.1, -0.05) is 51.7 Å². The number of rotatable bonds is 10. The van der Waals surface area contributed by atoms with Crippen molar-refractivity contribution in [3.8, 4) is 0 Å². The zero-order valence-electron chi connectivity index (χ0n) is 22.6. The fraction of sp³-hybridized carbons (Fsp3) is 0.667. The van der Waals surface area contributed by atoms with Gasteiger partial charge in [0.1, 0.15) is 5.69 Å². The lowest BCUT2D eigenvalue weighted by Crippen LogP contribution is -2.47. The van der Waals surface area contributed by atoms with Crippen LogP contribution in [-0.2, 0) is 22.9 Å². The zero-order chi connectivity index (χ0) is 26.5. The van der Waals surface area contributed by atoms with Crippen molar-refractivity contribution in [3.63, 3.8) is 0 Å². The number of nitrogens with one attached hydrogen (secondary N) is 1. The highest BCUT2D eigenvalue weighted by molar-refractivity contribution is 5.27. The molecule has 0 amide bonds. The first-order valence-electron chi connectivity index (χ1n) is 14.0. The lowest BCUT2D eigenvalue weighted by Gasteiger charge is -2.46. The summed E-state index contributed by atoms with van der Waals surface area (Å²) in [6, 6.07) is 6.10. The normalized spacial score (nSPS) is 22.4. The monoisotopic (exact) mass is 517 g/mol. The SMILES string of the molecule is CCCCC(C)c1ccc([C@]2(CCNCc3cnc(C(F)(F)F)c(C)c3)CCOC3(CCCC3)C2)nc1. The molecule has 2 aromatic rings. The van der Waals surface area contributed by atoms with Gasteiger partial charge in [0, 0.05) is 36.7 Å². The van der Waals surface area contributed by atoms with Gasteiger partial charge in [0.2, 0.25) is 0 Å². The summed E-state index contributed by atoms with van der Waals surface area (Å²) in [6.07, 6.45) is 10.1. The molecule has 1 saturated carbocycles. The molecule has 1 aliphatic carbocycles. The van der Waals surface area contributed by atoms with Crippen LogP contribution in [0, 0.1) is 6.92 Å². The van der Waals surface area contributed by atoms with Crippen LogP contribution in [0.15, 0.2) is 30.6 Å². The van der Waals surface area contributed by atoms with Crippen LogP contribution in [0.25, 0.3) is 0 Å². The fourth-order valence-electron chi connectivity index (χ4n) is 6.39. The third-order valence-electron chi connectivity index (χ3n) is 8.57. The van der Waals surface area contributed by atoms with E-state index in [0.717, 1.165) is 56.5 Å². The number of hydrogen-bond donors (Lipinski definition) is 1. The van der Waals surface area contributed by atoms with Gasteiger partial charge < -0.3 is 10.1 Å². The maximum Gasteiger partial charge on any atom is 0.433 e. The highest BCUT2D eigenvalue weighted by Crippen LogP contribution is 2.49. The number of unbranched alkanes of at least 4 members (excludes halogenated alkanes) is 1. The molecule has 1 unspecified atom stereocenters. The maximum atomic E-state index is 13.1. The molecule has 2 atom stereocenters. The summed E-state index contributed by atoms with van der Waals surface area (Å²) in [6.45, 7) is 7.97. The number of nitrogens with zero attached hydrogens (tertiary/aromatic N) is 2. The Morgan fingerprint density at radius 2 is 1.89 bits per heavy atom. The van der Waals surface area contributed by atoms with Gasteiger partial charge in [-0.25, -0.2) is 0 Å². The van der Waals surface area contributed by atoms with Gasteiger partial charge in [0.05, 0.1) is 5.60 Å². The molecule has 204 valence electrons. The molecule has 1 N–H and O–H groups in total. The van der Waals surface area contributed by atoms with Gasteiger partial charge in [0.25, 0.3) is 0 Å². The van der Waals surface area contributed by atoms with Crippen molar-refractivity contribution in [2.75, 3.05) is 13.2 Å². The standard InChI is InChI=1S/C30H42F3N3O/c1-4-5-8-22(2)25-9-10-26(35-20-25)28(14-16-37-29(21-28)11-6-7-12-29)13-15-34-18-24-17-23(3)27(36-19-24)30(31,32)33/h9-10,17,19-20,22,34H,4-8,11-16,18,21H2,1-3H3/t22?,28-/m1/s1. The number of aromatic nitrogens is 2. The minimum atomic E-state index is -4.42. The molecular formula is C30H42F3N3O. The third-order valence-corrected chi connectivity index (χ3v) is 8.57. The fourth-order valence-corrected chi connectivity index (χ4v) is 6.39. The van der Waals surface area contributed by atoms with Gasteiger partial charge in [-0.05, 0) is 80.7 Å². The molecule has 4 rings (SSSR count). The zero-order valence-corrected chi connectivity index (χ0v) is 22.6. The Kier molecular flexibility index (Phi) is 8.95. The van der Waals surface area contributed by atoms with Gasteiger partial charge in [-0.2, -0.15) is 13.2 Å². The molecule has 1 saturated heterocycles. The van der Waals surface area contributed by atoms with Gasteiger partial charge >= 0.3 is 6.18 Å². The molecule has 4 nitrogen and oxygen atoms in total. The number of hydrogen-bond acceptors (Lipinski definition) is 4. The highest BCUT2D eigenvalue weighted by atomic mass is 19.4. The number of ether oxygens (including phenoxy) is 1. The van der Waals surface area contributed by atoms with E-state index in [1.54, 1.807) is 6.07 Å². The predicted octanol–water partition coefficient (Wildman–Crippen LogP) is 7.64. The molecule has 2 aliphatic rings. The molecule has 2 fully saturated rings. The second kappa shape index (κ2) is 11.8. The molecular weight excluding hydrogens is 475 g/mol. The number of pyridine rings is 2. The molecule has 0 radical (unpaired) electrons. The predicted molar refractivity (Wildman–Crippen MR) is 141 cm³/mol. The van der Waals surface area contributed by atoms with Gasteiger partial charge in [0.15, 0.2) is 0 Å². The summed E-state index contributed by atoms with van der Waals surface area (Å²) >= 11 is 0. The maximum absolute atomic E-state index is 13.1. The molecule has 1 aliphatic heterocycles. The van der Waals surface area contributed by atoms with Crippen molar-refractivity contribution in [2.45, 2.75) is 115 Å². The average Bonchev–Trinajstić information content (AvgIpc) is 3.31. The number of aryl methyl sites for hydroxylation is 1. The van der Waals surface area contributed by atoms with E-state index in [1.165, 1.54) is 50.8 Å². The van der Waals surface area contributed by atoms with E-state index in [-0.39, 0.29) is 16.6 Å². The Labute approximate surface area is 219 Å². The molecule has 1 spiro atoms. The number of halogens is 3. The number of alkyl halides is 3. The largest absolute Gasteiger partial charge is 0.433 e. The van der Waals surface area contributed by atoms with Crippen molar-refractivity contribution >= 4 is 0 Å². The second-order valence-corrected chi connectivity index (χ2v) is 11.4. The molecule has 3 heterocycles. The first-order chi connectivity index (χ1) is 17.7. The lowest BCUT2D eigenvalue weighted by atomic mass is 9.68.